The maximum absolute atomic E-state index is 9.55. The topological polar surface area (TPSA) is 20.2 Å². The van der Waals surface area contributed by atoms with Crippen LogP contribution >= 0.6 is 0 Å². The number of allylic oxidation sites excluding steroid dienone is 1. The van der Waals surface area contributed by atoms with Crippen molar-refractivity contribution >= 4 is 0 Å². The van der Waals surface area contributed by atoms with E-state index in [0.717, 1.165) is 6.42 Å². The maximum Gasteiger partial charge on any atom is 0.0574 e. The second-order valence-electron chi connectivity index (χ2n) is 4.01. The van der Waals surface area contributed by atoms with Crippen molar-refractivity contribution in [2.24, 2.45) is 17.8 Å². The van der Waals surface area contributed by atoms with E-state index in [1.165, 1.54) is 5.57 Å². The highest BCUT2D eigenvalue weighted by atomic mass is 16.3. The van der Waals surface area contributed by atoms with E-state index in [1.54, 1.807) is 0 Å². The van der Waals surface area contributed by atoms with Gasteiger partial charge >= 0.3 is 0 Å². The summed E-state index contributed by atoms with van der Waals surface area (Å²) in [5.41, 5.74) is 1.22. The van der Waals surface area contributed by atoms with E-state index in [1.807, 2.05) is 0 Å². The van der Waals surface area contributed by atoms with Crippen LogP contribution in [0.3, 0.4) is 0 Å². The van der Waals surface area contributed by atoms with Crippen molar-refractivity contribution in [1.82, 2.24) is 0 Å². The van der Waals surface area contributed by atoms with E-state index >= 15 is 0 Å². The Hall–Kier alpha value is -0.300. The van der Waals surface area contributed by atoms with Gasteiger partial charge in [-0.25, -0.2) is 0 Å². The lowest BCUT2D eigenvalue weighted by Crippen LogP contribution is -2.16. The fourth-order valence-electron chi connectivity index (χ4n) is 2.43. The summed E-state index contributed by atoms with van der Waals surface area (Å²) in [6.07, 6.45) is 0.838. The summed E-state index contributed by atoms with van der Waals surface area (Å²) in [4.78, 5) is 0. The number of hydrogen-bond acceptors (Lipinski definition) is 1. The third-order valence-corrected chi connectivity index (χ3v) is 2.97. The van der Waals surface area contributed by atoms with E-state index in [4.69, 9.17) is 0 Å². The highest BCUT2D eigenvalue weighted by molar-refractivity contribution is 5.05. The van der Waals surface area contributed by atoms with Gasteiger partial charge in [0, 0.05) is 0 Å². The van der Waals surface area contributed by atoms with E-state index < -0.39 is 0 Å². The largest absolute Gasteiger partial charge is 0.393 e. The first-order valence-corrected chi connectivity index (χ1v) is 4.37. The van der Waals surface area contributed by atoms with Crippen LogP contribution in [0.15, 0.2) is 12.2 Å². The summed E-state index contributed by atoms with van der Waals surface area (Å²) in [7, 11) is 0. The second-order valence-corrected chi connectivity index (χ2v) is 4.01. The van der Waals surface area contributed by atoms with Crippen LogP contribution in [-0.2, 0) is 0 Å². The van der Waals surface area contributed by atoms with Gasteiger partial charge in [0.25, 0.3) is 0 Å². The van der Waals surface area contributed by atoms with Gasteiger partial charge in [0.05, 0.1) is 6.10 Å². The second kappa shape index (κ2) is 2.98. The molecule has 64 valence electrons. The highest BCUT2D eigenvalue weighted by Crippen LogP contribution is 2.40. The normalized spacial score (nSPS) is 44.4. The molecule has 0 spiro atoms. The lowest BCUT2D eigenvalue weighted by atomic mass is 9.86. The van der Waals surface area contributed by atoms with Gasteiger partial charge in [-0.3, -0.25) is 0 Å². The van der Waals surface area contributed by atoms with Crippen LogP contribution in [0.25, 0.3) is 0 Å². The molecule has 0 aromatic rings. The minimum absolute atomic E-state index is 0.105. The molecule has 4 atom stereocenters. The number of rotatable bonds is 1. The Kier molecular flexibility index (Phi) is 2.38. The third-order valence-electron chi connectivity index (χ3n) is 2.97. The van der Waals surface area contributed by atoms with Crippen LogP contribution in [0.5, 0.6) is 0 Å². The zero-order valence-corrected chi connectivity index (χ0v) is 7.67. The molecule has 0 aliphatic heterocycles. The average molecular weight is 154 g/mol. The molecule has 4 unspecified atom stereocenters. The smallest absolute Gasteiger partial charge is 0.0574 e. The van der Waals surface area contributed by atoms with Crippen molar-refractivity contribution < 1.29 is 5.11 Å². The van der Waals surface area contributed by atoms with Crippen LogP contribution in [0.1, 0.15) is 27.2 Å². The molecule has 0 aromatic carbocycles. The van der Waals surface area contributed by atoms with Gasteiger partial charge in [-0.1, -0.05) is 26.0 Å². The molecular formula is C10H18O. The van der Waals surface area contributed by atoms with Gasteiger partial charge < -0.3 is 5.11 Å². The van der Waals surface area contributed by atoms with Crippen LogP contribution in [0, 0.1) is 17.8 Å². The van der Waals surface area contributed by atoms with Gasteiger partial charge in [0.15, 0.2) is 0 Å². The van der Waals surface area contributed by atoms with E-state index in [-0.39, 0.29) is 6.10 Å². The minimum Gasteiger partial charge on any atom is -0.393 e. The van der Waals surface area contributed by atoms with E-state index in [9.17, 15) is 5.11 Å². The molecule has 0 radical (unpaired) electrons. The molecule has 1 nitrogen and oxygen atoms in total. The first kappa shape index (κ1) is 8.79. The minimum atomic E-state index is -0.105. The molecule has 1 saturated carbocycles. The maximum atomic E-state index is 9.55. The van der Waals surface area contributed by atoms with Crippen molar-refractivity contribution in [2.75, 3.05) is 0 Å². The van der Waals surface area contributed by atoms with Gasteiger partial charge in [0.1, 0.15) is 0 Å². The predicted molar refractivity (Wildman–Crippen MR) is 47.3 cm³/mol. The SMILES string of the molecule is C=C(C)C1C(C)CC(O)C1C. The molecule has 1 heteroatoms. The van der Waals surface area contributed by atoms with Gasteiger partial charge in [0.2, 0.25) is 0 Å². The van der Waals surface area contributed by atoms with Crippen molar-refractivity contribution in [3.63, 3.8) is 0 Å². The average Bonchev–Trinajstić information content (AvgIpc) is 2.07. The Morgan fingerprint density at radius 3 is 2.18 bits per heavy atom. The molecule has 0 bridgehead atoms. The number of aliphatic hydroxyl groups excluding tert-OH is 1. The zero-order valence-electron chi connectivity index (χ0n) is 7.67. The Balaban J connectivity index is 2.71. The lowest BCUT2D eigenvalue weighted by Gasteiger charge is -2.20. The zero-order chi connectivity index (χ0) is 8.59. The Morgan fingerprint density at radius 1 is 1.45 bits per heavy atom. The summed E-state index contributed by atoms with van der Waals surface area (Å²) in [5.74, 6) is 1.55. The first-order valence-electron chi connectivity index (χ1n) is 4.37. The molecule has 0 heterocycles. The van der Waals surface area contributed by atoms with Crippen LogP contribution in [0.2, 0.25) is 0 Å². The van der Waals surface area contributed by atoms with Gasteiger partial charge in [-0.05, 0) is 31.1 Å². The molecular weight excluding hydrogens is 136 g/mol. The molecule has 0 saturated heterocycles. The monoisotopic (exact) mass is 154 g/mol. The summed E-state index contributed by atoms with van der Waals surface area (Å²) in [5, 5.41) is 9.55. The van der Waals surface area contributed by atoms with Crippen LogP contribution in [-0.4, -0.2) is 11.2 Å². The fourth-order valence-corrected chi connectivity index (χ4v) is 2.43. The highest BCUT2D eigenvalue weighted by Gasteiger charge is 2.37. The van der Waals surface area contributed by atoms with E-state index in [2.05, 4.69) is 27.4 Å². The molecule has 1 rings (SSSR count). The molecule has 1 aliphatic carbocycles. The molecule has 1 fully saturated rings. The van der Waals surface area contributed by atoms with Crippen molar-refractivity contribution in [2.45, 2.75) is 33.3 Å². The molecule has 1 N–H and O–H groups in total. The van der Waals surface area contributed by atoms with Crippen LogP contribution < -0.4 is 0 Å². The lowest BCUT2D eigenvalue weighted by molar-refractivity contribution is 0.132. The third kappa shape index (κ3) is 1.48. The van der Waals surface area contributed by atoms with E-state index in [0.29, 0.717) is 17.8 Å². The Morgan fingerprint density at radius 2 is 2.00 bits per heavy atom. The Bertz CT molecular complexity index is 162. The van der Waals surface area contributed by atoms with Crippen molar-refractivity contribution in [1.29, 1.82) is 0 Å². The molecule has 11 heavy (non-hydrogen) atoms. The first-order chi connectivity index (χ1) is 5.04. The molecule has 0 aromatic heterocycles. The summed E-state index contributed by atoms with van der Waals surface area (Å²) in [6.45, 7) is 10.3. The summed E-state index contributed by atoms with van der Waals surface area (Å²) in [6, 6.07) is 0. The quantitative estimate of drug-likeness (QED) is 0.574. The summed E-state index contributed by atoms with van der Waals surface area (Å²) >= 11 is 0. The van der Waals surface area contributed by atoms with Gasteiger partial charge in [-0.15, -0.1) is 0 Å². The number of hydrogen-bond donors (Lipinski definition) is 1. The van der Waals surface area contributed by atoms with Crippen molar-refractivity contribution in [3.8, 4) is 0 Å². The molecule has 1 aliphatic rings. The standard InChI is InChI=1S/C10H18O/c1-6(2)10-7(3)5-9(11)8(10)4/h7-11H,1,5H2,2-4H3. The predicted octanol–water partition coefficient (Wildman–Crippen LogP) is 2.22. The van der Waals surface area contributed by atoms with Crippen LogP contribution in [0.4, 0.5) is 0 Å². The van der Waals surface area contributed by atoms with Gasteiger partial charge in [-0.2, -0.15) is 0 Å². The summed E-state index contributed by atoms with van der Waals surface area (Å²) < 4.78 is 0. The molecule has 0 amide bonds. The van der Waals surface area contributed by atoms with Crippen molar-refractivity contribution in [3.05, 3.63) is 12.2 Å². The number of aliphatic hydroxyl groups is 1. The fraction of sp³-hybridized carbons (Fsp3) is 0.800. The Labute approximate surface area is 69.1 Å².